The minimum atomic E-state index is -0.509. The predicted octanol–water partition coefficient (Wildman–Crippen LogP) is 3.55. The second-order valence-electron chi connectivity index (χ2n) is 5.12. The third-order valence-corrected chi connectivity index (χ3v) is 4.34. The van der Waals surface area contributed by atoms with Crippen LogP contribution in [0, 0.1) is 0 Å². The minimum Gasteiger partial charge on any atom is -0.329 e. The number of benzene rings is 2. The zero-order valence-corrected chi connectivity index (χ0v) is 13.5. The maximum absolute atomic E-state index is 12.5. The van der Waals surface area contributed by atoms with E-state index >= 15 is 0 Å². The summed E-state index contributed by atoms with van der Waals surface area (Å²) in [7, 11) is 0. The standard InChI is InChI=1S/C16H14Cl2N4O/c17-13-3-1-9(6-14(13)18)12(7-19)16(23)21-11-2-4-15-10(5-11)8-20-22-15/h1-6,8,12H,7,19H2,(H,20,22)(H,21,23). The van der Waals surface area contributed by atoms with Gasteiger partial charge in [-0.25, -0.2) is 0 Å². The molecule has 0 spiro atoms. The minimum absolute atomic E-state index is 0.164. The number of H-pyrrole nitrogens is 1. The van der Waals surface area contributed by atoms with Gasteiger partial charge in [0.15, 0.2) is 0 Å². The normalized spacial score (nSPS) is 12.3. The fourth-order valence-corrected chi connectivity index (χ4v) is 2.68. The second kappa shape index (κ2) is 6.58. The third kappa shape index (κ3) is 3.32. The van der Waals surface area contributed by atoms with E-state index in [4.69, 9.17) is 28.9 Å². The topological polar surface area (TPSA) is 83.8 Å². The zero-order valence-electron chi connectivity index (χ0n) is 12.0. The molecule has 2 aromatic carbocycles. The lowest BCUT2D eigenvalue weighted by Gasteiger charge is -2.16. The van der Waals surface area contributed by atoms with Gasteiger partial charge in [-0.15, -0.1) is 0 Å². The quantitative estimate of drug-likeness (QED) is 0.673. The molecule has 0 aliphatic carbocycles. The molecule has 0 saturated carbocycles. The smallest absolute Gasteiger partial charge is 0.233 e. The maximum atomic E-state index is 12.5. The average molecular weight is 349 g/mol. The van der Waals surface area contributed by atoms with Crippen LogP contribution in [0.4, 0.5) is 5.69 Å². The summed E-state index contributed by atoms with van der Waals surface area (Å²) in [5, 5.41) is 11.4. The van der Waals surface area contributed by atoms with Gasteiger partial charge in [0.2, 0.25) is 5.91 Å². The van der Waals surface area contributed by atoms with E-state index in [9.17, 15) is 4.79 Å². The maximum Gasteiger partial charge on any atom is 0.233 e. The molecule has 0 aliphatic rings. The number of nitrogens with one attached hydrogen (secondary N) is 2. The number of nitrogens with two attached hydrogens (primary N) is 1. The van der Waals surface area contributed by atoms with Gasteiger partial charge in [0.1, 0.15) is 0 Å². The first-order valence-corrected chi connectivity index (χ1v) is 7.73. The van der Waals surface area contributed by atoms with E-state index in [1.807, 2.05) is 12.1 Å². The number of anilines is 1. The first-order chi connectivity index (χ1) is 11.1. The number of hydrogen-bond donors (Lipinski definition) is 3. The van der Waals surface area contributed by atoms with Crippen molar-refractivity contribution in [2.24, 2.45) is 5.73 Å². The number of fused-ring (bicyclic) bond motifs is 1. The highest BCUT2D eigenvalue weighted by atomic mass is 35.5. The molecule has 1 amide bonds. The van der Waals surface area contributed by atoms with Crippen molar-refractivity contribution in [3.8, 4) is 0 Å². The van der Waals surface area contributed by atoms with Gasteiger partial charge in [0.25, 0.3) is 0 Å². The highest BCUT2D eigenvalue weighted by molar-refractivity contribution is 6.42. The van der Waals surface area contributed by atoms with Gasteiger partial charge in [-0.1, -0.05) is 29.3 Å². The van der Waals surface area contributed by atoms with E-state index in [0.717, 1.165) is 16.5 Å². The van der Waals surface area contributed by atoms with Gasteiger partial charge in [-0.05, 0) is 35.9 Å². The Hall–Kier alpha value is -2.08. The predicted molar refractivity (Wildman–Crippen MR) is 93.0 cm³/mol. The number of rotatable bonds is 4. The fraction of sp³-hybridized carbons (Fsp3) is 0.125. The molecule has 3 rings (SSSR count). The van der Waals surface area contributed by atoms with E-state index in [2.05, 4.69) is 15.5 Å². The molecule has 7 heteroatoms. The summed E-state index contributed by atoms with van der Waals surface area (Å²) in [5.41, 5.74) is 8.08. The molecule has 0 aliphatic heterocycles. The van der Waals surface area contributed by atoms with Crippen molar-refractivity contribution in [3.63, 3.8) is 0 Å². The van der Waals surface area contributed by atoms with Crippen LogP contribution in [0.15, 0.2) is 42.6 Å². The number of nitrogens with zero attached hydrogens (tertiary/aromatic N) is 1. The van der Waals surface area contributed by atoms with Crippen LogP contribution in [-0.4, -0.2) is 22.6 Å². The van der Waals surface area contributed by atoms with Crippen LogP contribution in [0.2, 0.25) is 10.0 Å². The van der Waals surface area contributed by atoms with E-state index < -0.39 is 5.92 Å². The van der Waals surface area contributed by atoms with E-state index in [0.29, 0.717) is 15.7 Å². The van der Waals surface area contributed by atoms with Crippen LogP contribution in [0.5, 0.6) is 0 Å². The summed E-state index contributed by atoms with van der Waals surface area (Å²) in [6.45, 7) is 0.164. The van der Waals surface area contributed by atoms with Crippen LogP contribution in [0.1, 0.15) is 11.5 Å². The molecular weight excluding hydrogens is 335 g/mol. The van der Waals surface area contributed by atoms with Crippen LogP contribution in [-0.2, 0) is 4.79 Å². The summed E-state index contributed by atoms with van der Waals surface area (Å²) in [5.74, 6) is -0.710. The Morgan fingerprint density at radius 1 is 1.22 bits per heavy atom. The average Bonchev–Trinajstić information content (AvgIpc) is 2.99. The molecule has 0 saturated heterocycles. The molecule has 0 bridgehead atoms. The summed E-state index contributed by atoms with van der Waals surface area (Å²) in [6.07, 6.45) is 1.70. The van der Waals surface area contributed by atoms with Crippen LogP contribution in [0.25, 0.3) is 10.9 Å². The third-order valence-electron chi connectivity index (χ3n) is 3.61. The first-order valence-electron chi connectivity index (χ1n) is 6.97. The SMILES string of the molecule is NCC(C(=O)Nc1ccc2[nH]ncc2c1)c1ccc(Cl)c(Cl)c1. The lowest BCUT2D eigenvalue weighted by Crippen LogP contribution is -2.27. The Morgan fingerprint density at radius 3 is 2.78 bits per heavy atom. The second-order valence-corrected chi connectivity index (χ2v) is 5.94. The number of aromatic nitrogens is 2. The lowest BCUT2D eigenvalue weighted by atomic mass is 9.98. The lowest BCUT2D eigenvalue weighted by molar-refractivity contribution is -0.117. The highest BCUT2D eigenvalue weighted by Crippen LogP contribution is 2.27. The molecule has 0 fully saturated rings. The van der Waals surface area contributed by atoms with Crippen molar-refractivity contribution >= 4 is 45.7 Å². The summed E-state index contributed by atoms with van der Waals surface area (Å²) in [6, 6.07) is 10.6. The molecule has 5 nitrogen and oxygen atoms in total. The molecular formula is C16H14Cl2N4O. The van der Waals surface area contributed by atoms with Gasteiger partial charge in [0.05, 0.1) is 27.7 Å². The number of aromatic amines is 1. The van der Waals surface area contributed by atoms with E-state index in [1.165, 1.54) is 0 Å². The zero-order chi connectivity index (χ0) is 16.4. The molecule has 1 aromatic heterocycles. The van der Waals surface area contributed by atoms with Crippen molar-refractivity contribution < 1.29 is 4.79 Å². The number of carbonyl (C=O) groups excluding carboxylic acids is 1. The van der Waals surface area contributed by atoms with Gasteiger partial charge in [-0.2, -0.15) is 5.10 Å². The number of hydrogen-bond acceptors (Lipinski definition) is 3. The summed E-state index contributed by atoms with van der Waals surface area (Å²) in [4.78, 5) is 12.5. The van der Waals surface area contributed by atoms with Crippen LogP contribution >= 0.6 is 23.2 Å². The van der Waals surface area contributed by atoms with E-state index in [-0.39, 0.29) is 12.5 Å². The molecule has 0 radical (unpaired) electrons. The van der Waals surface area contributed by atoms with E-state index in [1.54, 1.807) is 30.5 Å². The molecule has 3 aromatic rings. The highest BCUT2D eigenvalue weighted by Gasteiger charge is 2.20. The largest absolute Gasteiger partial charge is 0.329 e. The molecule has 23 heavy (non-hydrogen) atoms. The number of halogens is 2. The van der Waals surface area contributed by atoms with Crippen LogP contribution < -0.4 is 11.1 Å². The Labute approximate surface area is 142 Å². The fourth-order valence-electron chi connectivity index (χ4n) is 2.37. The number of carbonyl (C=O) groups is 1. The number of amides is 1. The summed E-state index contributed by atoms with van der Waals surface area (Å²) >= 11 is 11.9. The van der Waals surface area contributed by atoms with Crippen molar-refractivity contribution in [2.75, 3.05) is 11.9 Å². The monoisotopic (exact) mass is 348 g/mol. The van der Waals surface area contributed by atoms with Gasteiger partial charge >= 0.3 is 0 Å². The van der Waals surface area contributed by atoms with Gasteiger partial charge in [-0.3, -0.25) is 9.89 Å². The van der Waals surface area contributed by atoms with Gasteiger partial charge < -0.3 is 11.1 Å². The Bertz CT molecular complexity index is 862. The Morgan fingerprint density at radius 2 is 2.04 bits per heavy atom. The van der Waals surface area contributed by atoms with Crippen molar-refractivity contribution in [1.82, 2.24) is 10.2 Å². The van der Waals surface area contributed by atoms with Crippen molar-refractivity contribution in [2.45, 2.75) is 5.92 Å². The summed E-state index contributed by atoms with van der Waals surface area (Å²) < 4.78 is 0. The first kappa shape index (κ1) is 15.8. The Balaban J connectivity index is 1.82. The van der Waals surface area contributed by atoms with Crippen molar-refractivity contribution in [1.29, 1.82) is 0 Å². The molecule has 1 heterocycles. The van der Waals surface area contributed by atoms with Crippen LogP contribution in [0.3, 0.4) is 0 Å². The molecule has 4 N–H and O–H groups in total. The molecule has 1 unspecified atom stereocenters. The molecule has 118 valence electrons. The Kier molecular flexibility index (Phi) is 4.52. The molecule has 1 atom stereocenters. The van der Waals surface area contributed by atoms with Gasteiger partial charge in [0, 0.05) is 17.6 Å². The van der Waals surface area contributed by atoms with Crippen molar-refractivity contribution in [3.05, 3.63) is 58.2 Å².